The van der Waals surface area contributed by atoms with Crippen LogP contribution < -0.4 is 9.64 Å². The zero-order chi connectivity index (χ0) is 16.5. The zero-order valence-electron chi connectivity index (χ0n) is 13.8. The SMILES string of the molecule is CCCOc1ccc(N2C(=O)[C@@H]3[C@@H](C2=O)[C@@H]2C=C[C@H]3C23CC3)cc1. The summed E-state index contributed by atoms with van der Waals surface area (Å²) in [5, 5.41) is 0. The van der Waals surface area contributed by atoms with Gasteiger partial charge in [0.25, 0.3) is 0 Å². The van der Waals surface area contributed by atoms with Gasteiger partial charge in [-0.15, -0.1) is 0 Å². The highest BCUT2D eigenvalue weighted by atomic mass is 16.5. The summed E-state index contributed by atoms with van der Waals surface area (Å²) >= 11 is 0. The van der Waals surface area contributed by atoms with Gasteiger partial charge in [-0.25, -0.2) is 0 Å². The summed E-state index contributed by atoms with van der Waals surface area (Å²) in [6, 6.07) is 7.33. The second-order valence-electron chi connectivity index (χ2n) is 7.58. The molecule has 2 amide bonds. The van der Waals surface area contributed by atoms with Crippen molar-refractivity contribution in [2.75, 3.05) is 11.5 Å². The molecule has 0 N–H and O–H groups in total. The number of hydrogen-bond donors (Lipinski definition) is 0. The quantitative estimate of drug-likeness (QED) is 0.631. The van der Waals surface area contributed by atoms with E-state index in [4.69, 9.17) is 4.74 Å². The molecule has 4 atom stereocenters. The molecule has 1 spiro atoms. The van der Waals surface area contributed by atoms with E-state index in [-0.39, 0.29) is 40.9 Å². The summed E-state index contributed by atoms with van der Waals surface area (Å²) < 4.78 is 5.58. The van der Waals surface area contributed by atoms with E-state index >= 15 is 0 Å². The number of rotatable bonds is 4. The molecule has 1 aliphatic heterocycles. The van der Waals surface area contributed by atoms with E-state index in [2.05, 4.69) is 19.1 Å². The monoisotopic (exact) mass is 323 g/mol. The van der Waals surface area contributed by atoms with Crippen LogP contribution in [0.5, 0.6) is 5.75 Å². The first-order chi connectivity index (χ1) is 11.7. The standard InChI is InChI=1S/C20H21NO3/c1-2-11-24-13-5-3-12(4-6-13)21-18(22)16-14-7-8-15(17(16)19(21)23)20(14)9-10-20/h3-8,14-17H,2,9-11H2,1H3/t14-,15+,16-,17-/m0/s1. The molecule has 3 aliphatic carbocycles. The van der Waals surface area contributed by atoms with Crippen molar-refractivity contribution in [3.05, 3.63) is 36.4 Å². The summed E-state index contributed by atoms with van der Waals surface area (Å²) in [4.78, 5) is 27.4. The Morgan fingerprint density at radius 1 is 1.04 bits per heavy atom. The van der Waals surface area contributed by atoms with Crippen LogP contribution in [0.1, 0.15) is 26.2 Å². The highest BCUT2D eigenvalue weighted by Crippen LogP contribution is 2.73. The van der Waals surface area contributed by atoms with Crippen LogP contribution in [0.4, 0.5) is 5.69 Å². The van der Waals surface area contributed by atoms with Crippen LogP contribution in [-0.2, 0) is 9.59 Å². The first kappa shape index (κ1) is 14.3. The number of imide groups is 1. The number of hydrogen-bond acceptors (Lipinski definition) is 3. The second kappa shape index (κ2) is 4.71. The molecular formula is C20H21NO3. The number of anilines is 1. The highest BCUT2D eigenvalue weighted by molar-refractivity contribution is 6.23. The largest absolute Gasteiger partial charge is 0.494 e. The Balaban J connectivity index is 1.43. The lowest BCUT2D eigenvalue weighted by Crippen LogP contribution is -2.34. The summed E-state index contributed by atoms with van der Waals surface area (Å²) in [5.74, 6) is 1.06. The minimum absolute atomic E-state index is 0.00430. The number of nitrogens with zero attached hydrogens (tertiary/aromatic N) is 1. The third kappa shape index (κ3) is 1.64. The van der Waals surface area contributed by atoms with E-state index in [9.17, 15) is 9.59 Å². The molecule has 1 saturated heterocycles. The fraction of sp³-hybridized carbons (Fsp3) is 0.500. The normalized spacial score (nSPS) is 34.3. The lowest BCUT2D eigenvalue weighted by atomic mass is 9.85. The maximum absolute atomic E-state index is 13.0. The average molecular weight is 323 g/mol. The predicted octanol–water partition coefficient (Wildman–Crippen LogP) is 3.18. The van der Waals surface area contributed by atoms with Crippen molar-refractivity contribution in [3.63, 3.8) is 0 Å². The maximum atomic E-state index is 13.0. The van der Waals surface area contributed by atoms with Gasteiger partial charge in [0, 0.05) is 0 Å². The Morgan fingerprint density at radius 2 is 1.62 bits per heavy atom. The highest BCUT2D eigenvalue weighted by Gasteiger charge is 2.73. The smallest absolute Gasteiger partial charge is 0.238 e. The first-order valence-electron chi connectivity index (χ1n) is 8.96. The average Bonchev–Trinajstić information content (AvgIpc) is 3.19. The van der Waals surface area contributed by atoms with Crippen molar-refractivity contribution < 1.29 is 14.3 Å². The molecule has 1 aromatic carbocycles. The number of benzene rings is 1. The Bertz CT molecular complexity index is 713. The van der Waals surface area contributed by atoms with Crippen LogP contribution in [0.3, 0.4) is 0 Å². The van der Waals surface area contributed by atoms with Gasteiger partial charge in [-0.2, -0.15) is 0 Å². The van der Waals surface area contributed by atoms with E-state index in [1.807, 2.05) is 24.3 Å². The molecule has 4 aliphatic rings. The maximum Gasteiger partial charge on any atom is 0.238 e. The Labute approximate surface area is 141 Å². The van der Waals surface area contributed by atoms with E-state index in [1.165, 1.54) is 17.7 Å². The third-order valence-electron chi connectivity index (χ3n) is 6.42. The van der Waals surface area contributed by atoms with Gasteiger partial charge >= 0.3 is 0 Å². The van der Waals surface area contributed by atoms with Crippen LogP contribution in [-0.4, -0.2) is 18.4 Å². The van der Waals surface area contributed by atoms with Gasteiger partial charge < -0.3 is 4.74 Å². The van der Waals surface area contributed by atoms with Crippen molar-refractivity contribution in [1.82, 2.24) is 0 Å². The molecule has 5 rings (SSSR count). The lowest BCUT2D eigenvalue weighted by molar-refractivity contribution is -0.123. The number of carbonyl (C=O) groups excluding carboxylic acids is 2. The van der Waals surface area contributed by atoms with Crippen LogP contribution in [0, 0.1) is 29.1 Å². The van der Waals surface area contributed by atoms with Gasteiger partial charge in [0.2, 0.25) is 11.8 Å². The molecule has 24 heavy (non-hydrogen) atoms. The zero-order valence-corrected chi connectivity index (χ0v) is 13.8. The molecule has 4 nitrogen and oxygen atoms in total. The van der Waals surface area contributed by atoms with E-state index < -0.39 is 0 Å². The number of amides is 2. The van der Waals surface area contributed by atoms with Crippen molar-refractivity contribution in [3.8, 4) is 5.75 Å². The molecule has 124 valence electrons. The second-order valence-corrected chi connectivity index (χ2v) is 7.58. The van der Waals surface area contributed by atoms with Gasteiger partial charge in [-0.3, -0.25) is 14.5 Å². The summed E-state index contributed by atoms with van der Waals surface area (Å²) in [5.41, 5.74) is 0.928. The number of allylic oxidation sites excluding steroid dienone is 2. The Morgan fingerprint density at radius 3 is 2.12 bits per heavy atom. The van der Waals surface area contributed by atoms with Gasteiger partial charge in [0.05, 0.1) is 24.1 Å². The van der Waals surface area contributed by atoms with Gasteiger partial charge in [-0.1, -0.05) is 19.1 Å². The van der Waals surface area contributed by atoms with E-state index in [0.717, 1.165) is 12.2 Å². The van der Waals surface area contributed by atoms with Gasteiger partial charge in [0.15, 0.2) is 0 Å². The van der Waals surface area contributed by atoms with Gasteiger partial charge in [-0.05, 0) is 60.8 Å². The van der Waals surface area contributed by atoms with Crippen LogP contribution in [0.15, 0.2) is 36.4 Å². The van der Waals surface area contributed by atoms with Crippen LogP contribution in [0.25, 0.3) is 0 Å². The molecule has 3 fully saturated rings. The third-order valence-corrected chi connectivity index (χ3v) is 6.42. The van der Waals surface area contributed by atoms with E-state index in [0.29, 0.717) is 12.3 Å². The molecule has 2 saturated carbocycles. The number of carbonyl (C=O) groups is 2. The summed E-state index contributed by atoms with van der Waals surface area (Å²) in [6.07, 6.45) is 7.70. The van der Waals surface area contributed by atoms with Crippen LogP contribution in [0.2, 0.25) is 0 Å². The topological polar surface area (TPSA) is 46.6 Å². The number of fused-ring (bicyclic) bond motifs is 3. The lowest BCUT2D eigenvalue weighted by Gasteiger charge is -2.21. The Hall–Kier alpha value is -2.10. The molecule has 0 aromatic heterocycles. The Kier molecular flexibility index (Phi) is 2.80. The summed E-state index contributed by atoms with van der Waals surface area (Å²) in [6.45, 7) is 2.73. The molecule has 4 heteroatoms. The predicted molar refractivity (Wildman–Crippen MR) is 89.5 cm³/mol. The van der Waals surface area contributed by atoms with Crippen molar-refractivity contribution in [2.24, 2.45) is 29.1 Å². The molecule has 1 heterocycles. The van der Waals surface area contributed by atoms with Crippen molar-refractivity contribution >= 4 is 17.5 Å². The first-order valence-corrected chi connectivity index (χ1v) is 8.96. The summed E-state index contributed by atoms with van der Waals surface area (Å²) in [7, 11) is 0. The fourth-order valence-corrected chi connectivity index (χ4v) is 5.24. The fourth-order valence-electron chi connectivity index (χ4n) is 5.24. The minimum Gasteiger partial charge on any atom is -0.494 e. The molecule has 0 radical (unpaired) electrons. The van der Waals surface area contributed by atoms with Gasteiger partial charge in [0.1, 0.15) is 5.75 Å². The molecular weight excluding hydrogens is 302 g/mol. The molecule has 1 aromatic rings. The minimum atomic E-state index is -0.133. The van der Waals surface area contributed by atoms with Crippen molar-refractivity contribution in [2.45, 2.75) is 26.2 Å². The van der Waals surface area contributed by atoms with Crippen LogP contribution >= 0.6 is 0 Å². The number of ether oxygens (including phenoxy) is 1. The van der Waals surface area contributed by atoms with Crippen molar-refractivity contribution in [1.29, 1.82) is 0 Å². The van der Waals surface area contributed by atoms with E-state index in [1.54, 1.807) is 0 Å². The molecule has 2 bridgehead atoms. The molecule has 0 unspecified atom stereocenters.